The number of benzene rings is 1. The summed E-state index contributed by atoms with van der Waals surface area (Å²) in [6, 6.07) is 9.64. The van der Waals surface area contributed by atoms with Gasteiger partial charge in [0.2, 0.25) is 0 Å². The van der Waals surface area contributed by atoms with E-state index >= 15 is 0 Å². The first-order chi connectivity index (χ1) is 13.3. The van der Waals surface area contributed by atoms with Gasteiger partial charge < -0.3 is 19.2 Å². The summed E-state index contributed by atoms with van der Waals surface area (Å²) < 4.78 is 16.9. The van der Waals surface area contributed by atoms with Gasteiger partial charge in [0.1, 0.15) is 17.3 Å². The molecule has 7 heteroatoms. The molecule has 1 aliphatic heterocycles. The molecule has 7 nitrogen and oxygen atoms in total. The van der Waals surface area contributed by atoms with E-state index < -0.39 is 0 Å². The minimum Gasteiger partial charge on any atom is -0.497 e. The van der Waals surface area contributed by atoms with Crippen LogP contribution in [0.15, 0.2) is 36.5 Å². The van der Waals surface area contributed by atoms with Gasteiger partial charge in [0.25, 0.3) is 0 Å². The molecule has 3 heterocycles. The molecule has 0 bridgehead atoms. The average Bonchev–Trinajstić information content (AvgIpc) is 3.16. The molecule has 0 atom stereocenters. The van der Waals surface area contributed by atoms with E-state index in [4.69, 9.17) is 14.2 Å². The summed E-state index contributed by atoms with van der Waals surface area (Å²) in [6.45, 7) is 5.28. The quantitative estimate of drug-likeness (QED) is 0.647. The van der Waals surface area contributed by atoms with E-state index in [1.807, 2.05) is 30.3 Å². The summed E-state index contributed by atoms with van der Waals surface area (Å²) in [5.41, 5.74) is 2.50. The van der Waals surface area contributed by atoms with Crippen LogP contribution >= 0.6 is 0 Å². The van der Waals surface area contributed by atoms with Gasteiger partial charge in [-0.2, -0.15) is 0 Å². The molecule has 0 radical (unpaired) electrons. The smallest absolute Gasteiger partial charge is 0.178 e. The van der Waals surface area contributed by atoms with Crippen molar-refractivity contribution in [2.45, 2.75) is 6.42 Å². The number of imidazole rings is 1. The number of hydrogen-bond acceptors (Lipinski definition) is 6. The van der Waals surface area contributed by atoms with Crippen LogP contribution in [-0.4, -0.2) is 66.4 Å². The van der Waals surface area contributed by atoms with Crippen LogP contribution in [0, 0.1) is 0 Å². The second-order valence-corrected chi connectivity index (χ2v) is 6.48. The van der Waals surface area contributed by atoms with Gasteiger partial charge in [-0.05, 0) is 30.7 Å². The van der Waals surface area contributed by atoms with Crippen molar-refractivity contribution in [1.82, 2.24) is 19.9 Å². The molecular formula is C20H24N4O3. The molecule has 4 rings (SSSR count). The van der Waals surface area contributed by atoms with Crippen LogP contribution in [0.4, 0.5) is 0 Å². The molecule has 0 unspecified atom stereocenters. The summed E-state index contributed by atoms with van der Waals surface area (Å²) in [6.07, 6.45) is 2.70. The molecule has 27 heavy (non-hydrogen) atoms. The maximum atomic E-state index is 6.10. The molecule has 3 aromatic rings. The van der Waals surface area contributed by atoms with Gasteiger partial charge in [-0.15, -0.1) is 0 Å². The molecular weight excluding hydrogens is 344 g/mol. The number of H-pyrrole nitrogens is 1. The van der Waals surface area contributed by atoms with Gasteiger partial charge in [-0.1, -0.05) is 0 Å². The third kappa shape index (κ3) is 4.20. The number of aromatic amines is 1. The van der Waals surface area contributed by atoms with Gasteiger partial charge in [-0.3, -0.25) is 4.90 Å². The molecule has 0 amide bonds. The molecule has 1 fully saturated rings. The van der Waals surface area contributed by atoms with E-state index in [1.165, 1.54) is 0 Å². The lowest BCUT2D eigenvalue weighted by atomic mass is 10.2. The predicted molar refractivity (Wildman–Crippen MR) is 103 cm³/mol. The first kappa shape index (κ1) is 17.8. The summed E-state index contributed by atoms with van der Waals surface area (Å²) in [4.78, 5) is 14.6. The van der Waals surface area contributed by atoms with Crippen LogP contribution < -0.4 is 9.47 Å². The molecule has 2 aromatic heterocycles. The van der Waals surface area contributed by atoms with Gasteiger partial charge in [0, 0.05) is 31.9 Å². The molecule has 1 aromatic carbocycles. The zero-order valence-corrected chi connectivity index (χ0v) is 15.5. The minimum atomic E-state index is 0.635. The van der Waals surface area contributed by atoms with Crippen LogP contribution in [0.2, 0.25) is 0 Å². The molecule has 142 valence electrons. The monoisotopic (exact) mass is 368 g/mol. The Balaban J connectivity index is 1.48. The van der Waals surface area contributed by atoms with Gasteiger partial charge in [-0.25, -0.2) is 9.97 Å². The Bertz CT molecular complexity index is 857. The van der Waals surface area contributed by atoms with Crippen molar-refractivity contribution in [2.75, 3.05) is 46.6 Å². The maximum Gasteiger partial charge on any atom is 0.178 e. The maximum absolute atomic E-state index is 6.10. The van der Waals surface area contributed by atoms with E-state index in [9.17, 15) is 0 Å². The van der Waals surface area contributed by atoms with E-state index in [1.54, 1.807) is 13.3 Å². The highest BCUT2D eigenvalue weighted by atomic mass is 16.5. The average molecular weight is 368 g/mol. The third-order valence-corrected chi connectivity index (χ3v) is 4.68. The van der Waals surface area contributed by atoms with E-state index in [-0.39, 0.29) is 0 Å². The number of aromatic nitrogens is 3. The Morgan fingerprint density at radius 1 is 1.22 bits per heavy atom. The SMILES string of the molecule is COc1ccc(-c2nc3ncccc3[nH]2)c(OCCCN2CCOCC2)c1. The van der Waals surface area contributed by atoms with E-state index in [0.717, 1.165) is 67.7 Å². The van der Waals surface area contributed by atoms with E-state index in [2.05, 4.69) is 19.9 Å². The second kappa shape index (κ2) is 8.37. The van der Waals surface area contributed by atoms with Crippen LogP contribution in [-0.2, 0) is 4.74 Å². The van der Waals surface area contributed by atoms with Crippen molar-refractivity contribution in [3.63, 3.8) is 0 Å². The van der Waals surface area contributed by atoms with Crippen molar-refractivity contribution in [1.29, 1.82) is 0 Å². The Morgan fingerprint density at radius 2 is 2.11 bits per heavy atom. The molecule has 1 aliphatic rings. The lowest BCUT2D eigenvalue weighted by Crippen LogP contribution is -2.37. The predicted octanol–water partition coefficient (Wildman–Crippen LogP) is 2.73. The number of nitrogens with zero attached hydrogens (tertiary/aromatic N) is 3. The minimum absolute atomic E-state index is 0.635. The fourth-order valence-corrected chi connectivity index (χ4v) is 3.21. The van der Waals surface area contributed by atoms with Crippen LogP contribution in [0.5, 0.6) is 11.5 Å². The van der Waals surface area contributed by atoms with Crippen molar-refractivity contribution in [3.8, 4) is 22.9 Å². The number of morpholine rings is 1. The molecule has 0 saturated carbocycles. The topological polar surface area (TPSA) is 72.5 Å². The molecule has 0 aliphatic carbocycles. The fourth-order valence-electron chi connectivity index (χ4n) is 3.21. The largest absolute Gasteiger partial charge is 0.497 e. The zero-order chi connectivity index (χ0) is 18.5. The molecule has 1 saturated heterocycles. The van der Waals surface area contributed by atoms with Crippen LogP contribution in [0.25, 0.3) is 22.6 Å². The molecule has 1 N–H and O–H groups in total. The first-order valence-corrected chi connectivity index (χ1v) is 9.25. The van der Waals surface area contributed by atoms with E-state index in [0.29, 0.717) is 12.3 Å². The number of methoxy groups -OCH3 is 1. The lowest BCUT2D eigenvalue weighted by Gasteiger charge is -2.26. The summed E-state index contributed by atoms with van der Waals surface area (Å²) in [5.74, 6) is 2.26. The summed E-state index contributed by atoms with van der Waals surface area (Å²) in [7, 11) is 1.66. The van der Waals surface area contributed by atoms with Crippen molar-refractivity contribution < 1.29 is 14.2 Å². The number of fused-ring (bicyclic) bond motifs is 1. The standard InChI is InChI=1S/C20H24N4O3/c1-25-15-5-6-16(19-22-17-4-2-7-21-20(17)23-19)18(14-15)27-11-3-8-24-9-12-26-13-10-24/h2,4-7,14H,3,8-13H2,1H3,(H,21,22,23). The number of nitrogens with one attached hydrogen (secondary N) is 1. The van der Waals surface area contributed by atoms with Crippen LogP contribution in [0.1, 0.15) is 6.42 Å². The number of rotatable bonds is 7. The second-order valence-electron chi connectivity index (χ2n) is 6.48. The van der Waals surface area contributed by atoms with Gasteiger partial charge >= 0.3 is 0 Å². The lowest BCUT2D eigenvalue weighted by molar-refractivity contribution is 0.0358. The Hall–Kier alpha value is -2.64. The normalized spacial score (nSPS) is 15.1. The van der Waals surface area contributed by atoms with Crippen molar-refractivity contribution >= 4 is 11.2 Å². The highest BCUT2D eigenvalue weighted by Gasteiger charge is 2.14. The third-order valence-electron chi connectivity index (χ3n) is 4.68. The zero-order valence-electron chi connectivity index (χ0n) is 15.5. The van der Waals surface area contributed by atoms with Crippen LogP contribution in [0.3, 0.4) is 0 Å². The summed E-state index contributed by atoms with van der Waals surface area (Å²) in [5, 5.41) is 0. The fraction of sp³-hybridized carbons (Fsp3) is 0.400. The first-order valence-electron chi connectivity index (χ1n) is 9.25. The highest BCUT2D eigenvalue weighted by molar-refractivity contribution is 5.77. The molecule has 0 spiro atoms. The van der Waals surface area contributed by atoms with Gasteiger partial charge in [0.05, 0.1) is 38.0 Å². The van der Waals surface area contributed by atoms with Crippen molar-refractivity contribution in [3.05, 3.63) is 36.5 Å². The Labute approximate surface area is 158 Å². The summed E-state index contributed by atoms with van der Waals surface area (Å²) >= 11 is 0. The number of ether oxygens (including phenoxy) is 3. The number of pyridine rings is 1. The highest BCUT2D eigenvalue weighted by Crippen LogP contribution is 2.32. The van der Waals surface area contributed by atoms with Gasteiger partial charge in [0.15, 0.2) is 5.65 Å². The Kier molecular flexibility index (Phi) is 5.50. The number of hydrogen-bond donors (Lipinski definition) is 1. The van der Waals surface area contributed by atoms with Crippen molar-refractivity contribution in [2.24, 2.45) is 0 Å². The Morgan fingerprint density at radius 3 is 2.93 bits per heavy atom.